The van der Waals surface area contributed by atoms with Crippen LogP contribution in [0.15, 0.2) is 0 Å². The number of nitrogens with zero attached hydrogens (tertiary/aromatic N) is 1. The van der Waals surface area contributed by atoms with Crippen LogP contribution >= 0.6 is 0 Å². The number of hydrogen-bond acceptors (Lipinski definition) is 3. The second kappa shape index (κ2) is 3.77. The van der Waals surface area contributed by atoms with Crippen molar-refractivity contribution in [2.45, 2.75) is 32.4 Å². The molecule has 0 aliphatic carbocycles. The summed E-state index contributed by atoms with van der Waals surface area (Å²) in [7, 11) is 0. The van der Waals surface area contributed by atoms with Gasteiger partial charge in [0.25, 0.3) is 0 Å². The molecule has 2 aliphatic rings. The van der Waals surface area contributed by atoms with Crippen LogP contribution in [0.2, 0.25) is 0 Å². The van der Waals surface area contributed by atoms with E-state index in [2.05, 4.69) is 12.2 Å². The lowest BCUT2D eigenvalue weighted by atomic mass is 9.98. The molecule has 4 heteroatoms. The van der Waals surface area contributed by atoms with Crippen LogP contribution in [0.1, 0.15) is 20.3 Å². The van der Waals surface area contributed by atoms with Gasteiger partial charge in [0.15, 0.2) is 0 Å². The second-order valence-electron chi connectivity index (χ2n) is 4.11. The molecule has 0 saturated carbocycles. The predicted octanol–water partition coefficient (Wildman–Crippen LogP) is 0.825. The van der Waals surface area contributed by atoms with E-state index in [1.807, 2.05) is 11.8 Å². The van der Waals surface area contributed by atoms with Crippen LogP contribution in [0, 0.1) is 5.92 Å². The number of hydrogen-bond donors (Lipinski definition) is 1. The van der Waals surface area contributed by atoms with E-state index in [9.17, 15) is 4.79 Å². The molecule has 2 heterocycles. The molecule has 1 amide bonds. The minimum Gasteiger partial charge on any atom is -0.450 e. The van der Waals surface area contributed by atoms with E-state index in [0.717, 1.165) is 13.1 Å². The molecule has 3 unspecified atom stereocenters. The molecule has 0 bridgehead atoms. The van der Waals surface area contributed by atoms with Crippen LogP contribution in [0.25, 0.3) is 0 Å². The molecular formula is C10H18N2O2. The van der Waals surface area contributed by atoms with Gasteiger partial charge >= 0.3 is 6.09 Å². The standard InChI is InChI=1S/C10H18N2O2/c1-3-14-10(13)12-6-9-8(7(12)2)4-5-11-9/h7-9,11H,3-6H2,1-2H3. The van der Waals surface area contributed by atoms with Gasteiger partial charge in [0.1, 0.15) is 0 Å². The minimum absolute atomic E-state index is 0.156. The SMILES string of the molecule is CCOC(=O)N1CC2NCCC2C1C. The summed E-state index contributed by atoms with van der Waals surface area (Å²) in [6, 6.07) is 0.823. The third kappa shape index (κ3) is 1.47. The highest BCUT2D eigenvalue weighted by Gasteiger charge is 2.44. The molecule has 14 heavy (non-hydrogen) atoms. The van der Waals surface area contributed by atoms with Gasteiger partial charge in [-0.1, -0.05) is 0 Å². The van der Waals surface area contributed by atoms with Gasteiger partial charge in [0, 0.05) is 18.6 Å². The van der Waals surface area contributed by atoms with Gasteiger partial charge in [-0.25, -0.2) is 4.79 Å². The Labute approximate surface area is 84.6 Å². The summed E-state index contributed by atoms with van der Waals surface area (Å²) in [5.41, 5.74) is 0. The summed E-state index contributed by atoms with van der Waals surface area (Å²) >= 11 is 0. The number of carbonyl (C=O) groups is 1. The molecule has 3 atom stereocenters. The molecule has 4 nitrogen and oxygen atoms in total. The number of rotatable bonds is 1. The average Bonchev–Trinajstić information content (AvgIpc) is 2.69. The number of likely N-dealkylation sites (tertiary alicyclic amines) is 1. The Bertz CT molecular complexity index is 232. The first kappa shape index (κ1) is 9.77. The Balaban J connectivity index is 1.99. The first-order chi connectivity index (χ1) is 6.74. The van der Waals surface area contributed by atoms with Crippen molar-refractivity contribution in [3.8, 4) is 0 Å². The molecule has 0 aromatic carbocycles. The van der Waals surface area contributed by atoms with E-state index >= 15 is 0 Å². The summed E-state index contributed by atoms with van der Waals surface area (Å²) in [4.78, 5) is 13.4. The second-order valence-corrected chi connectivity index (χ2v) is 4.11. The highest BCUT2D eigenvalue weighted by atomic mass is 16.6. The summed E-state index contributed by atoms with van der Waals surface area (Å²) in [6.07, 6.45) is 1.03. The van der Waals surface area contributed by atoms with Crippen molar-refractivity contribution < 1.29 is 9.53 Å². The molecule has 0 spiro atoms. The fraction of sp³-hybridized carbons (Fsp3) is 0.900. The normalized spacial score (nSPS) is 35.9. The quantitative estimate of drug-likeness (QED) is 0.678. The highest BCUT2D eigenvalue weighted by Crippen LogP contribution is 2.31. The maximum atomic E-state index is 11.6. The monoisotopic (exact) mass is 198 g/mol. The van der Waals surface area contributed by atoms with Gasteiger partial charge < -0.3 is 15.0 Å². The summed E-state index contributed by atoms with van der Waals surface area (Å²) in [5.74, 6) is 0.624. The minimum atomic E-state index is -0.156. The fourth-order valence-electron chi connectivity index (χ4n) is 2.62. The van der Waals surface area contributed by atoms with Gasteiger partial charge in [-0.2, -0.15) is 0 Å². The Morgan fingerprint density at radius 3 is 3.07 bits per heavy atom. The molecule has 1 N–H and O–H groups in total. The van der Waals surface area contributed by atoms with Gasteiger partial charge in [0.2, 0.25) is 0 Å². The van der Waals surface area contributed by atoms with Crippen molar-refractivity contribution in [3.05, 3.63) is 0 Å². The lowest BCUT2D eigenvalue weighted by molar-refractivity contribution is 0.101. The van der Waals surface area contributed by atoms with E-state index in [4.69, 9.17) is 4.74 Å². The first-order valence-electron chi connectivity index (χ1n) is 5.40. The zero-order valence-corrected chi connectivity index (χ0v) is 8.82. The van der Waals surface area contributed by atoms with E-state index in [1.165, 1.54) is 6.42 Å². The molecule has 2 rings (SSSR count). The van der Waals surface area contributed by atoms with Crippen LogP contribution in [0.5, 0.6) is 0 Å². The van der Waals surface area contributed by atoms with Crippen molar-refractivity contribution in [2.24, 2.45) is 5.92 Å². The smallest absolute Gasteiger partial charge is 0.410 e. The van der Waals surface area contributed by atoms with Crippen molar-refractivity contribution in [3.63, 3.8) is 0 Å². The molecule has 2 aliphatic heterocycles. The van der Waals surface area contributed by atoms with Crippen molar-refractivity contribution in [1.82, 2.24) is 10.2 Å². The molecule has 2 saturated heterocycles. The van der Waals surface area contributed by atoms with Gasteiger partial charge in [-0.3, -0.25) is 0 Å². The highest BCUT2D eigenvalue weighted by molar-refractivity contribution is 5.68. The average molecular weight is 198 g/mol. The zero-order chi connectivity index (χ0) is 10.1. The number of carbonyl (C=O) groups excluding carboxylic acids is 1. The number of fused-ring (bicyclic) bond motifs is 1. The van der Waals surface area contributed by atoms with E-state index < -0.39 is 0 Å². The predicted molar refractivity (Wildman–Crippen MR) is 53.1 cm³/mol. The maximum absolute atomic E-state index is 11.6. The van der Waals surface area contributed by atoms with Crippen molar-refractivity contribution in [2.75, 3.05) is 19.7 Å². The molecule has 2 fully saturated rings. The van der Waals surface area contributed by atoms with Crippen molar-refractivity contribution in [1.29, 1.82) is 0 Å². The van der Waals surface area contributed by atoms with Gasteiger partial charge in [-0.15, -0.1) is 0 Å². The van der Waals surface area contributed by atoms with Gasteiger partial charge in [-0.05, 0) is 32.7 Å². The van der Waals surface area contributed by atoms with Crippen molar-refractivity contribution >= 4 is 6.09 Å². The number of amides is 1. The Morgan fingerprint density at radius 1 is 1.64 bits per heavy atom. The van der Waals surface area contributed by atoms with E-state index in [1.54, 1.807) is 0 Å². The fourth-order valence-corrected chi connectivity index (χ4v) is 2.62. The van der Waals surface area contributed by atoms with Crippen LogP contribution in [0.3, 0.4) is 0 Å². The van der Waals surface area contributed by atoms with Crippen LogP contribution < -0.4 is 5.32 Å². The lowest BCUT2D eigenvalue weighted by Gasteiger charge is -2.23. The topological polar surface area (TPSA) is 41.6 Å². The first-order valence-corrected chi connectivity index (χ1v) is 5.40. The Morgan fingerprint density at radius 2 is 2.43 bits per heavy atom. The molecule has 0 aromatic heterocycles. The third-order valence-electron chi connectivity index (χ3n) is 3.41. The third-order valence-corrected chi connectivity index (χ3v) is 3.41. The number of nitrogens with one attached hydrogen (secondary N) is 1. The molecular weight excluding hydrogens is 180 g/mol. The van der Waals surface area contributed by atoms with E-state index in [-0.39, 0.29) is 6.09 Å². The van der Waals surface area contributed by atoms with Crippen LogP contribution in [0.4, 0.5) is 4.79 Å². The Kier molecular flexibility index (Phi) is 2.63. The summed E-state index contributed by atoms with van der Waals surface area (Å²) < 4.78 is 5.02. The van der Waals surface area contributed by atoms with Crippen LogP contribution in [-0.2, 0) is 4.74 Å². The van der Waals surface area contributed by atoms with Crippen LogP contribution in [-0.4, -0.2) is 42.8 Å². The van der Waals surface area contributed by atoms with Gasteiger partial charge in [0.05, 0.1) is 6.61 Å². The number of ether oxygens (including phenoxy) is 1. The summed E-state index contributed by atoms with van der Waals surface area (Å²) in [6.45, 7) is 6.33. The van der Waals surface area contributed by atoms with E-state index in [0.29, 0.717) is 24.6 Å². The summed E-state index contributed by atoms with van der Waals surface area (Å²) in [5, 5.41) is 3.43. The largest absolute Gasteiger partial charge is 0.450 e. The Hall–Kier alpha value is -0.770. The maximum Gasteiger partial charge on any atom is 0.410 e. The molecule has 80 valence electrons. The lowest BCUT2D eigenvalue weighted by Crippen LogP contribution is -2.37. The molecule has 0 aromatic rings. The molecule has 0 radical (unpaired) electrons. The zero-order valence-electron chi connectivity index (χ0n) is 8.82.